The van der Waals surface area contributed by atoms with E-state index in [1.54, 1.807) is 0 Å². The molecule has 5 atom stereocenters. The molecule has 0 bridgehead atoms. The number of aromatic nitrogens is 4. The van der Waals surface area contributed by atoms with Crippen LogP contribution < -0.4 is 10.9 Å². The van der Waals surface area contributed by atoms with Gasteiger partial charge in [-0.3, -0.25) is 9.59 Å². The summed E-state index contributed by atoms with van der Waals surface area (Å²) in [5, 5.41) is 8.00. The highest BCUT2D eigenvalue weighted by Crippen LogP contribution is 2.72. The first-order valence-corrected chi connectivity index (χ1v) is 16.7. The summed E-state index contributed by atoms with van der Waals surface area (Å²) in [6.07, 6.45) is 5.60. The van der Waals surface area contributed by atoms with Gasteiger partial charge in [-0.05, 0) is 94.7 Å². The van der Waals surface area contributed by atoms with Crippen LogP contribution in [0.5, 0.6) is 0 Å². The summed E-state index contributed by atoms with van der Waals surface area (Å²) in [4.78, 5) is 47.4. The maximum absolute atomic E-state index is 14.2. The van der Waals surface area contributed by atoms with E-state index in [0.717, 1.165) is 30.5 Å². The zero-order chi connectivity index (χ0) is 30.0. The number of hydrogen-bond donors (Lipinski definition) is 1. The first-order valence-electron chi connectivity index (χ1n) is 15.2. The Morgan fingerprint density at radius 1 is 1.19 bits per heavy atom. The predicted molar refractivity (Wildman–Crippen MR) is 169 cm³/mol. The van der Waals surface area contributed by atoms with Gasteiger partial charge in [0.25, 0.3) is 5.56 Å². The van der Waals surface area contributed by atoms with Crippen LogP contribution in [-0.4, -0.2) is 54.3 Å². The molecule has 43 heavy (non-hydrogen) atoms. The maximum Gasteiger partial charge on any atom is 0.410 e. The molecule has 1 N–H and O–H groups in total. The Morgan fingerprint density at radius 2 is 1.98 bits per heavy atom. The van der Waals surface area contributed by atoms with Crippen LogP contribution in [0.25, 0.3) is 5.78 Å². The first-order chi connectivity index (χ1) is 20.5. The van der Waals surface area contributed by atoms with Crippen molar-refractivity contribution in [1.82, 2.24) is 24.1 Å². The van der Waals surface area contributed by atoms with Crippen molar-refractivity contribution in [1.29, 1.82) is 0 Å². The van der Waals surface area contributed by atoms with Gasteiger partial charge in [-0.2, -0.15) is 9.50 Å². The maximum atomic E-state index is 14.2. The molecule has 1 aromatic carbocycles. The lowest BCUT2D eigenvalue weighted by Gasteiger charge is -2.57. The monoisotopic (exact) mass is 716 g/mol. The van der Waals surface area contributed by atoms with Crippen molar-refractivity contribution in [2.45, 2.75) is 94.7 Å². The lowest BCUT2D eigenvalue weighted by molar-refractivity contribution is -0.116. The van der Waals surface area contributed by atoms with Gasteiger partial charge in [0.2, 0.25) is 15.5 Å². The van der Waals surface area contributed by atoms with Crippen molar-refractivity contribution in [2.75, 3.05) is 11.9 Å². The molecule has 0 unspecified atom stereocenters. The Morgan fingerprint density at radius 3 is 2.65 bits per heavy atom. The number of nitrogens with zero attached hydrogens (tertiary/aromatic N) is 5. The third-order valence-corrected chi connectivity index (χ3v) is 11.1. The number of halogens is 2. The minimum absolute atomic E-state index is 0.000971. The Labute approximate surface area is 267 Å². The third-order valence-electron chi connectivity index (χ3n) is 10.3. The molecule has 2 aromatic heterocycles. The van der Waals surface area contributed by atoms with Crippen molar-refractivity contribution >= 4 is 57.7 Å². The minimum atomic E-state index is -0.569. The van der Waals surface area contributed by atoms with E-state index in [9.17, 15) is 14.4 Å². The van der Waals surface area contributed by atoms with Gasteiger partial charge in [-0.1, -0.05) is 17.7 Å². The molecule has 3 saturated carbocycles. The normalized spacial score (nSPS) is 28.7. The van der Waals surface area contributed by atoms with E-state index in [1.807, 2.05) is 71.0 Å². The number of carbonyl (C=O) groups is 2. The predicted octanol–water partition coefficient (Wildman–Crippen LogP) is 5.44. The number of ether oxygens (including phenoxy) is 1. The van der Waals surface area contributed by atoms with Gasteiger partial charge in [0.15, 0.2) is 0 Å². The fourth-order valence-electron chi connectivity index (χ4n) is 8.35. The minimum Gasteiger partial charge on any atom is -0.444 e. The van der Waals surface area contributed by atoms with Crippen LogP contribution in [0.3, 0.4) is 0 Å². The number of amides is 2. The van der Waals surface area contributed by atoms with Crippen LogP contribution in [0.1, 0.15) is 88.0 Å². The van der Waals surface area contributed by atoms with Crippen molar-refractivity contribution in [3.63, 3.8) is 0 Å². The number of nitrogens with one attached hydrogen (secondary N) is 1. The molecule has 12 heteroatoms. The third kappa shape index (κ3) is 4.27. The standard InChI is InChI=1S/C31H34ClIN6O4/c1-30(2,3)43-29(42)37-11-10-31(18-7-9-22(18)37)19-13-17(19)25-24(31)26(41)39-28(35-27(33)36-39)38(25)14-23(40)34-21-8-6-16(12-20(21)32)15-4-5-15/h6,8,12,15,17-19,22H,4-5,7,9-11,13-14H2,1-3H3,(H,34,40)/t17-,18+,19+,22-,31-/m0/s1. The van der Waals surface area contributed by atoms with Gasteiger partial charge in [0, 0.05) is 57.8 Å². The fourth-order valence-corrected chi connectivity index (χ4v) is 9.01. The van der Waals surface area contributed by atoms with Gasteiger partial charge >= 0.3 is 6.09 Å². The summed E-state index contributed by atoms with van der Waals surface area (Å²) < 4.78 is 9.51. The molecule has 1 saturated heterocycles. The van der Waals surface area contributed by atoms with E-state index in [-0.39, 0.29) is 47.4 Å². The van der Waals surface area contributed by atoms with Crippen LogP contribution in [0.15, 0.2) is 23.0 Å². The van der Waals surface area contributed by atoms with E-state index < -0.39 is 5.60 Å². The molecular formula is C31H34ClIN6O4. The van der Waals surface area contributed by atoms with E-state index >= 15 is 0 Å². The largest absolute Gasteiger partial charge is 0.444 e. The molecule has 3 heterocycles. The molecule has 4 aliphatic carbocycles. The number of benzene rings is 1. The number of carbonyl (C=O) groups excluding carboxylic acids is 2. The highest BCUT2D eigenvalue weighted by Gasteiger charge is 2.70. The topological polar surface area (TPSA) is 111 Å². The molecule has 5 aliphatic rings. The van der Waals surface area contributed by atoms with Crippen molar-refractivity contribution in [2.24, 2.45) is 11.8 Å². The molecule has 0 radical (unpaired) electrons. The van der Waals surface area contributed by atoms with Crippen LogP contribution in [0.2, 0.25) is 5.02 Å². The van der Waals surface area contributed by atoms with Gasteiger partial charge in [0.05, 0.1) is 10.7 Å². The number of anilines is 1. The number of piperidine rings is 1. The van der Waals surface area contributed by atoms with Crippen molar-refractivity contribution in [3.05, 3.63) is 54.2 Å². The van der Waals surface area contributed by atoms with E-state index in [2.05, 4.69) is 15.4 Å². The molecule has 226 valence electrons. The zero-order valence-electron chi connectivity index (χ0n) is 24.4. The SMILES string of the molecule is CC(C)(C)OC(=O)N1CC[C@]2(c3c(n(CC(=O)Nc4ccc(C5CC5)cc4Cl)c4nc(I)nn4c3=O)[C@H]3C[C@H]32)[C@@H]2CC[C@@H]21. The second-order valence-corrected chi connectivity index (χ2v) is 15.3. The van der Waals surface area contributed by atoms with Crippen LogP contribution in [0.4, 0.5) is 10.5 Å². The van der Waals surface area contributed by atoms with Crippen molar-refractivity contribution in [3.8, 4) is 0 Å². The summed E-state index contributed by atoms with van der Waals surface area (Å²) in [5.41, 5.74) is 2.43. The van der Waals surface area contributed by atoms with Crippen LogP contribution in [0, 0.1) is 15.7 Å². The zero-order valence-corrected chi connectivity index (χ0v) is 27.3. The van der Waals surface area contributed by atoms with Gasteiger partial charge in [-0.15, -0.1) is 5.10 Å². The molecular weight excluding hydrogens is 683 g/mol. The second kappa shape index (κ2) is 9.42. The van der Waals surface area contributed by atoms with Gasteiger partial charge in [0.1, 0.15) is 12.1 Å². The summed E-state index contributed by atoms with van der Waals surface area (Å²) >= 11 is 8.59. The Balaban J connectivity index is 1.16. The molecule has 8 rings (SSSR count). The van der Waals surface area contributed by atoms with Crippen LogP contribution >= 0.6 is 34.2 Å². The number of likely N-dealkylation sites (tertiary alicyclic amines) is 1. The molecule has 4 fully saturated rings. The van der Waals surface area contributed by atoms with E-state index in [0.29, 0.717) is 45.1 Å². The lowest BCUT2D eigenvalue weighted by Crippen LogP contribution is -2.64. The quantitative estimate of drug-likeness (QED) is 0.361. The smallest absolute Gasteiger partial charge is 0.410 e. The molecule has 10 nitrogen and oxygen atoms in total. The molecule has 3 aromatic rings. The average molecular weight is 717 g/mol. The average Bonchev–Trinajstić information content (AvgIpc) is 3.83. The van der Waals surface area contributed by atoms with E-state index in [1.165, 1.54) is 22.9 Å². The van der Waals surface area contributed by atoms with Crippen LogP contribution in [-0.2, 0) is 21.5 Å². The highest BCUT2D eigenvalue weighted by molar-refractivity contribution is 14.1. The Hall–Kier alpha value is -2.67. The Kier molecular flexibility index (Phi) is 6.10. The first kappa shape index (κ1) is 27.8. The summed E-state index contributed by atoms with van der Waals surface area (Å²) in [6, 6.07) is 5.90. The number of fused-ring (bicyclic) bond motifs is 8. The Bertz CT molecular complexity index is 1780. The lowest BCUT2D eigenvalue weighted by atomic mass is 9.54. The highest BCUT2D eigenvalue weighted by atomic mass is 127. The number of rotatable bonds is 4. The summed E-state index contributed by atoms with van der Waals surface area (Å²) in [7, 11) is 0. The molecule has 2 amide bonds. The van der Waals surface area contributed by atoms with Gasteiger partial charge in [-0.25, -0.2) is 4.79 Å². The summed E-state index contributed by atoms with van der Waals surface area (Å²) in [6.45, 7) is 6.20. The van der Waals surface area contributed by atoms with Gasteiger partial charge < -0.3 is 19.5 Å². The number of hydrogen-bond acceptors (Lipinski definition) is 6. The molecule has 1 aliphatic heterocycles. The summed E-state index contributed by atoms with van der Waals surface area (Å²) in [5.74, 6) is 1.40. The molecule has 1 spiro atoms. The van der Waals surface area contributed by atoms with Crippen molar-refractivity contribution < 1.29 is 14.3 Å². The fraction of sp³-hybridized carbons (Fsp3) is 0.581. The second-order valence-electron chi connectivity index (χ2n) is 14.0. The van der Waals surface area contributed by atoms with E-state index in [4.69, 9.17) is 16.3 Å².